The lowest BCUT2D eigenvalue weighted by molar-refractivity contribution is -0.126. The molecule has 1 atom stereocenters. The van der Waals surface area contributed by atoms with E-state index in [2.05, 4.69) is 5.32 Å². The maximum Gasteiger partial charge on any atom is 0.245 e. The van der Waals surface area contributed by atoms with Gasteiger partial charge in [-0.15, -0.1) is 0 Å². The van der Waals surface area contributed by atoms with E-state index in [1.54, 1.807) is 19.2 Å². The number of nitrogens with zero attached hydrogens (tertiary/aromatic N) is 2. The van der Waals surface area contributed by atoms with E-state index in [-0.39, 0.29) is 23.3 Å². The number of likely N-dealkylation sites (N-methyl/N-ethyl adjacent to an activating group) is 1. The number of benzene rings is 2. The zero-order chi connectivity index (χ0) is 19.2. The van der Waals surface area contributed by atoms with E-state index in [4.69, 9.17) is 0 Å². The molecule has 27 heavy (non-hydrogen) atoms. The predicted molar refractivity (Wildman–Crippen MR) is 99.2 cm³/mol. The average molecular weight is 385 g/mol. The van der Waals surface area contributed by atoms with Crippen molar-refractivity contribution in [2.45, 2.75) is 23.9 Å². The summed E-state index contributed by atoms with van der Waals surface area (Å²) in [6.07, 6.45) is 0.138. The number of nitrogens with one attached hydrogen (secondary N) is 1. The normalized spacial score (nSPS) is 20.5. The van der Waals surface area contributed by atoms with Gasteiger partial charge in [0.2, 0.25) is 21.8 Å². The molecule has 0 bridgehead atoms. The van der Waals surface area contributed by atoms with E-state index in [1.807, 2.05) is 30.3 Å². The van der Waals surface area contributed by atoms with Gasteiger partial charge in [0.15, 0.2) is 0 Å². The summed E-state index contributed by atoms with van der Waals surface area (Å²) >= 11 is 0. The Balaban J connectivity index is 1.74. The third kappa shape index (κ3) is 3.00. The number of anilines is 1. The molecule has 0 saturated carbocycles. The zero-order valence-electron chi connectivity index (χ0n) is 14.8. The molecule has 7 nitrogen and oxygen atoms in total. The lowest BCUT2D eigenvalue weighted by Gasteiger charge is -2.28. The summed E-state index contributed by atoms with van der Waals surface area (Å²) in [5.74, 6) is -0.327. The molecule has 1 N–H and O–H groups in total. The average Bonchev–Trinajstić information content (AvgIpc) is 2.97. The highest BCUT2D eigenvalue weighted by Gasteiger charge is 2.44. The van der Waals surface area contributed by atoms with Crippen LogP contribution < -0.4 is 5.32 Å². The van der Waals surface area contributed by atoms with Crippen LogP contribution in [0.15, 0.2) is 53.4 Å². The van der Waals surface area contributed by atoms with Gasteiger partial charge in [0, 0.05) is 19.2 Å². The molecule has 0 spiro atoms. The van der Waals surface area contributed by atoms with Crippen LogP contribution in [0, 0.1) is 0 Å². The number of amides is 2. The smallest absolute Gasteiger partial charge is 0.245 e. The Morgan fingerprint density at radius 1 is 1.04 bits per heavy atom. The van der Waals surface area contributed by atoms with E-state index in [1.165, 1.54) is 15.3 Å². The van der Waals surface area contributed by atoms with Gasteiger partial charge in [-0.05, 0) is 35.7 Å². The van der Waals surface area contributed by atoms with Crippen LogP contribution in [0.4, 0.5) is 5.69 Å². The summed E-state index contributed by atoms with van der Waals surface area (Å²) in [4.78, 5) is 25.4. The zero-order valence-corrected chi connectivity index (χ0v) is 15.6. The predicted octanol–water partition coefficient (Wildman–Crippen LogP) is 1.73. The van der Waals surface area contributed by atoms with E-state index in [9.17, 15) is 18.0 Å². The van der Waals surface area contributed by atoms with Gasteiger partial charge < -0.3 is 10.2 Å². The minimum atomic E-state index is -3.89. The van der Waals surface area contributed by atoms with Crippen LogP contribution >= 0.6 is 0 Å². The van der Waals surface area contributed by atoms with E-state index in [0.717, 1.165) is 11.1 Å². The Labute approximate surface area is 157 Å². The fourth-order valence-corrected chi connectivity index (χ4v) is 5.16. The van der Waals surface area contributed by atoms with Gasteiger partial charge >= 0.3 is 0 Å². The second-order valence-corrected chi connectivity index (χ2v) is 8.60. The van der Waals surface area contributed by atoms with Crippen LogP contribution in [0.25, 0.3) is 0 Å². The van der Waals surface area contributed by atoms with Crippen LogP contribution in [0.3, 0.4) is 0 Å². The largest absolute Gasteiger partial charge is 0.326 e. The molecular formula is C19H19N3O4S. The first-order chi connectivity index (χ1) is 12.9. The van der Waals surface area contributed by atoms with Crippen molar-refractivity contribution in [2.75, 3.05) is 18.9 Å². The third-order valence-electron chi connectivity index (χ3n) is 5.00. The van der Waals surface area contributed by atoms with Crippen molar-refractivity contribution in [3.8, 4) is 0 Å². The Hall–Kier alpha value is -2.71. The highest BCUT2D eigenvalue weighted by atomic mass is 32.2. The Kier molecular flexibility index (Phi) is 4.24. The lowest BCUT2D eigenvalue weighted by Crippen LogP contribution is -2.34. The molecule has 2 aromatic rings. The number of carbonyl (C=O) groups excluding carboxylic acids is 2. The van der Waals surface area contributed by atoms with Crippen LogP contribution in [-0.4, -0.2) is 43.0 Å². The number of fused-ring (bicyclic) bond motifs is 1. The van der Waals surface area contributed by atoms with Crippen molar-refractivity contribution in [3.63, 3.8) is 0 Å². The first-order valence-electron chi connectivity index (χ1n) is 8.63. The summed E-state index contributed by atoms with van der Waals surface area (Å²) in [5, 5.41) is 2.75. The highest BCUT2D eigenvalue weighted by molar-refractivity contribution is 7.89. The summed E-state index contributed by atoms with van der Waals surface area (Å²) in [7, 11) is -2.28. The van der Waals surface area contributed by atoms with E-state index in [0.29, 0.717) is 18.5 Å². The molecule has 2 aliphatic heterocycles. The lowest BCUT2D eigenvalue weighted by atomic mass is 10.0. The van der Waals surface area contributed by atoms with Crippen LogP contribution in [0.2, 0.25) is 0 Å². The van der Waals surface area contributed by atoms with Gasteiger partial charge in [0.05, 0.1) is 11.4 Å². The topological polar surface area (TPSA) is 86.8 Å². The van der Waals surface area contributed by atoms with E-state index < -0.39 is 16.2 Å². The molecule has 140 valence electrons. The maximum absolute atomic E-state index is 13.3. The standard InChI is InChI=1S/C19H19N3O4S/c1-21-18(24)12-22(19(21)13-5-3-2-4-6-13)27(25,26)15-8-9-16-14(11-15)7-10-17(23)20-16/h2-6,8-9,11,19H,7,10,12H2,1H3,(H,20,23)/t19-/m0/s1. The number of hydrogen-bond donors (Lipinski definition) is 1. The summed E-state index contributed by atoms with van der Waals surface area (Å²) in [6.45, 7) is -0.202. The molecule has 2 heterocycles. The molecule has 0 aliphatic carbocycles. The molecule has 2 aliphatic rings. The number of rotatable bonds is 3. The van der Waals surface area contributed by atoms with Crippen LogP contribution in [-0.2, 0) is 26.0 Å². The monoisotopic (exact) mass is 385 g/mol. The fraction of sp³-hybridized carbons (Fsp3) is 0.263. The number of hydrogen-bond acceptors (Lipinski definition) is 4. The summed E-state index contributed by atoms with van der Waals surface area (Å²) in [5.41, 5.74) is 2.16. The third-order valence-corrected chi connectivity index (χ3v) is 6.80. The quantitative estimate of drug-likeness (QED) is 0.872. The van der Waals surface area contributed by atoms with Gasteiger partial charge in [-0.2, -0.15) is 4.31 Å². The van der Waals surface area contributed by atoms with Gasteiger partial charge in [-0.3, -0.25) is 9.59 Å². The Morgan fingerprint density at radius 2 is 1.78 bits per heavy atom. The second kappa shape index (κ2) is 6.47. The van der Waals surface area contributed by atoms with Crippen LogP contribution in [0.1, 0.15) is 23.7 Å². The number of carbonyl (C=O) groups is 2. The van der Waals surface area contributed by atoms with Crippen molar-refractivity contribution in [1.29, 1.82) is 0 Å². The number of sulfonamides is 1. The SMILES string of the molecule is CN1C(=O)CN(S(=O)(=O)c2ccc3c(c2)CCC(=O)N3)[C@H]1c1ccccc1. The highest BCUT2D eigenvalue weighted by Crippen LogP contribution is 2.35. The summed E-state index contributed by atoms with van der Waals surface area (Å²) < 4.78 is 27.9. The maximum atomic E-state index is 13.3. The van der Waals surface area contributed by atoms with Gasteiger partial charge in [-0.1, -0.05) is 30.3 Å². The summed E-state index contributed by atoms with van der Waals surface area (Å²) in [6, 6.07) is 13.8. The second-order valence-electron chi connectivity index (χ2n) is 6.71. The fourth-order valence-electron chi connectivity index (χ4n) is 3.55. The molecule has 1 saturated heterocycles. The Morgan fingerprint density at radius 3 is 2.52 bits per heavy atom. The molecule has 4 rings (SSSR count). The Bertz CT molecular complexity index is 1020. The van der Waals surface area contributed by atoms with Crippen molar-refractivity contribution in [1.82, 2.24) is 9.21 Å². The van der Waals surface area contributed by atoms with Crippen molar-refractivity contribution in [2.24, 2.45) is 0 Å². The molecule has 2 amide bonds. The molecule has 8 heteroatoms. The van der Waals surface area contributed by atoms with Gasteiger partial charge in [-0.25, -0.2) is 8.42 Å². The number of aryl methyl sites for hydroxylation is 1. The molecule has 0 aromatic heterocycles. The minimum Gasteiger partial charge on any atom is -0.326 e. The molecule has 2 aromatic carbocycles. The van der Waals surface area contributed by atoms with Gasteiger partial charge in [0.1, 0.15) is 6.17 Å². The first kappa shape index (κ1) is 17.7. The molecule has 0 radical (unpaired) electrons. The first-order valence-corrected chi connectivity index (χ1v) is 10.1. The molecule has 1 fully saturated rings. The van der Waals surface area contributed by atoms with Crippen molar-refractivity contribution in [3.05, 3.63) is 59.7 Å². The van der Waals surface area contributed by atoms with E-state index >= 15 is 0 Å². The van der Waals surface area contributed by atoms with Crippen molar-refractivity contribution < 1.29 is 18.0 Å². The molecule has 0 unspecified atom stereocenters. The van der Waals surface area contributed by atoms with Crippen molar-refractivity contribution >= 4 is 27.5 Å². The minimum absolute atomic E-state index is 0.0750. The molecular weight excluding hydrogens is 366 g/mol. The van der Waals surface area contributed by atoms with Gasteiger partial charge in [0.25, 0.3) is 0 Å². The van der Waals surface area contributed by atoms with Crippen LogP contribution in [0.5, 0.6) is 0 Å².